The van der Waals surface area contributed by atoms with E-state index in [9.17, 15) is 14.3 Å². The standard InChI is InChI=1S/C20H23FO3/c1-5-24-19(23)14-8-6-13(7-9-14)18(20(2,3)4)16-11-10-15(22)12-17(16)21/h6-12,18,22H,5H2,1-4H3. The van der Waals surface area contributed by atoms with Crippen molar-refractivity contribution in [2.75, 3.05) is 6.61 Å². The molecule has 1 atom stereocenters. The molecule has 2 aromatic rings. The first kappa shape index (κ1) is 18.0. The Morgan fingerprint density at radius 2 is 1.79 bits per heavy atom. The van der Waals surface area contributed by atoms with Crippen LogP contribution in [0.25, 0.3) is 0 Å². The van der Waals surface area contributed by atoms with Gasteiger partial charge < -0.3 is 9.84 Å². The maximum absolute atomic E-state index is 14.4. The van der Waals surface area contributed by atoms with Crippen LogP contribution in [-0.2, 0) is 4.74 Å². The van der Waals surface area contributed by atoms with Crippen LogP contribution in [0, 0.1) is 11.2 Å². The Hall–Kier alpha value is -2.36. The maximum Gasteiger partial charge on any atom is 0.338 e. The third-order valence-electron chi connectivity index (χ3n) is 3.92. The van der Waals surface area contributed by atoms with E-state index >= 15 is 0 Å². The molecule has 1 unspecified atom stereocenters. The summed E-state index contributed by atoms with van der Waals surface area (Å²) in [6.45, 7) is 8.18. The Morgan fingerprint density at radius 1 is 1.17 bits per heavy atom. The zero-order chi connectivity index (χ0) is 17.9. The normalized spacial score (nSPS) is 12.7. The minimum atomic E-state index is -0.440. The van der Waals surface area contributed by atoms with Crippen molar-refractivity contribution in [2.24, 2.45) is 5.41 Å². The molecule has 1 N–H and O–H groups in total. The first-order valence-corrected chi connectivity index (χ1v) is 7.99. The van der Waals surface area contributed by atoms with Crippen molar-refractivity contribution in [1.82, 2.24) is 0 Å². The van der Waals surface area contributed by atoms with Gasteiger partial charge in [0.15, 0.2) is 0 Å². The molecule has 0 amide bonds. The molecule has 0 aliphatic heterocycles. The van der Waals surface area contributed by atoms with Gasteiger partial charge in [0, 0.05) is 12.0 Å². The number of hydrogen-bond donors (Lipinski definition) is 1. The van der Waals surface area contributed by atoms with Crippen molar-refractivity contribution in [3.8, 4) is 5.75 Å². The predicted octanol–water partition coefficient (Wildman–Crippen LogP) is 4.89. The van der Waals surface area contributed by atoms with Crippen LogP contribution < -0.4 is 0 Å². The SMILES string of the molecule is CCOC(=O)c1ccc(C(c2ccc(O)cc2F)C(C)(C)C)cc1. The van der Waals surface area contributed by atoms with Gasteiger partial charge in [0.25, 0.3) is 0 Å². The van der Waals surface area contributed by atoms with E-state index in [1.807, 2.05) is 32.9 Å². The van der Waals surface area contributed by atoms with E-state index in [1.165, 1.54) is 6.07 Å². The summed E-state index contributed by atoms with van der Waals surface area (Å²) in [6, 6.07) is 11.3. The molecule has 0 saturated heterocycles. The molecule has 128 valence electrons. The molecule has 0 aliphatic carbocycles. The fourth-order valence-corrected chi connectivity index (χ4v) is 2.92. The summed E-state index contributed by atoms with van der Waals surface area (Å²) in [6.07, 6.45) is 0. The number of aromatic hydroxyl groups is 1. The lowest BCUT2D eigenvalue weighted by Gasteiger charge is -2.32. The Labute approximate surface area is 142 Å². The summed E-state index contributed by atoms with van der Waals surface area (Å²) in [4.78, 5) is 11.8. The first-order chi connectivity index (χ1) is 11.2. The van der Waals surface area contributed by atoms with Crippen LogP contribution in [0.1, 0.15) is 55.1 Å². The number of phenolic OH excluding ortho intramolecular Hbond substituents is 1. The summed E-state index contributed by atoms with van der Waals surface area (Å²) >= 11 is 0. The lowest BCUT2D eigenvalue weighted by molar-refractivity contribution is 0.0526. The average molecular weight is 330 g/mol. The highest BCUT2D eigenvalue weighted by Gasteiger charge is 2.30. The molecular formula is C20H23FO3. The highest BCUT2D eigenvalue weighted by molar-refractivity contribution is 5.89. The monoisotopic (exact) mass is 330 g/mol. The van der Waals surface area contributed by atoms with Crippen LogP contribution in [0.2, 0.25) is 0 Å². The molecule has 0 bridgehead atoms. The van der Waals surface area contributed by atoms with Gasteiger partial charge >= 0.3 is 5.97 Å². The summed E-state index contributed by atoms with van der Waals surface area (Å²) in [5.74, 6) is -1.12. The first-order valence-electron chi connectivity index (χ1n) is 7.99. The zero-order valence-electron chi connectivity index (χ0n) is 14.5. The summed E-state index contributed by atoms with van der Waals surface area (Å²) in [5, 5.41) is 9.45. The second kappa shape index (κ2) is 7.04. The highest BCUT2D eigenvalue weighted by Crippen LogP contribution is 2.42. The van der Waals surface area contributed by atoms with Crippen LogP contribution in [-0.4, -0.2) is 17.7 Å². The topological polar surface area (TPSA) is 46.5 Å². The third-order valence-corrected chi connectivity index (χ3v) is 3.92. The van der Waals surface area contributed by atoms with E-state index in [4.69, 9.17) is 4.74 Å². The van der Waals surface area contributed by atoms with Gasteiger partial charge in [-0.3, -0.25) is 0 Å². The molecule has 4 heteroatoms. The van der Waals surface area contributed by atoms with E-state index in [2.05, 4.69) is 0 Å². The van der Waals surface area contributed by atoms with Gasteiger partial charge in [-0.1, -0.05) is 39.0 Å². The number of halogens is 1. The summed E-state index contributed by atoms with van der Waals surface area (Å²) in [5.41, 5.74) is 1.65. The predicted molar refractivity (Wildman–Crippen MR) is 91.8 cm³/mol. The molecule has 0 heterocycles. The van der Waals surface area contributed by atoms with Crippen LogP contribution in [0.4, 0.5) is 4.39 Å². The molecule has 2 aromatic carbocycles. The molecule has 0 saturated carbocycles. The molecule has 3 nitrogen and oxygen atoms in total. The van der Waals surface area contributed by atoms with E-state index in [-0.39, 0.29) is 23.1 Å². The van der Waals surface area contributed by atoms with Crippen LogP contribution in [0.15, 0.2) is 42.5 Å². The lowest BCUT2D eigenvalue weighted by atomic mass is 9.72. The van der Waals surface area contributed by atoms with Gasteiger partial charge in [-0.05, 0) is 41.7 Å². The third kappa shape index (κ3) is 3.94. The van der Waals surface area contributed by atoms with Gasteiger partial charge in [0.1, 0.15) is 11.6 Å². The number of carbonyl (C=O) groups excluding carboxylic acids is 1. The number of rotatable bonds is 4. The molecule has 0 aliphatic rings. The number of ether oxygens (including phenoxy) is 1. The second-order valence-corrected chi connectivity index (χ2v) is 6.85. The Morgan fingerprint density at radius 3 is 2.29 bits per heavy atom. The molecule has 0 fully saturated rings. The molecule has 2 rings (SSSR count). The van der Waals surface area contributed by atoms with Crippen molar-refractivity contribution in [1.29, 1.82) is 0 Å². The number of hydrogen-bond acceptors (Lipinski definition) is 3. The highest BCUT2D eigenvalue weighted by atomic mass is 19.1. The van der Waals surface area contributed by atoms with Gasteiger partial charge in [0.2, 0.25) is 0 Å². The van der Waals surface area contributed by atoms with Crippen LogP contribution in [0.5, 0.6) is 5.75 Å². The van der Waals surface area contributed by atoms with Gasteiger partial charge in [-0.25, -0.2) is 9.18 Å². The summed E-state index contributed by atoms with van der Waals surface area (Å²) in [7, 11) is 0. The van der Waals surface area contributed by atoms with Crippen LogP contribution in [0.3, 0.4) is 0 Å². The smallest absolute Gasteiger partial charge is 0.338 e. The van der Waals surface area contributed by atoms with E-state index in [1.54, 1.807) is 25.1 Å². The van der Waals surface area contributed by atoms with E-state index < -0.39 is 5.82 Å². The fraction of sp³-hybridized carbons (Fsp3) is 0.350. The van der Waals surface area contributed by atoms with Crippen molar-refractivity contribution >= 4 is 5.97 Å². The van der Waals surface area contributed by atoms with Gasteiger partial charge in [-0.15, -0.1) is 0 Å². The van der Waals surface area contributed by atoms with Crippen molar-refractivity contribution in [3.05, 3.63) is 65.0 Å². The van der Waals surface area contributed by atoms with Crippen molar-refractivity contribution in [3.63, 3.8) is 0 Å². The molecule has 0 spiro atoms. The summed E-state index contributed by atoms with van der Waals surface area (Å²) < 4.78 is 19.4. The van der Waals surface area contributed by atoms with Crippen LogP contribution >= 0.6 is 0 Å². The largest absolute Gasteiger partial charge is 0.508 e. The van der Waals surface area contributed by atoms with Crippen molar-refractivity contribution in [2.45, 2.75) is 33.6 Å². The minimum absolute atomic E-state index is 0.0958. The Kier molecular flexibility index (Phi) is 5.27. The number of carbonyl (C=O) groups is 1. The zero-order valence-corrected chi connectivity index (χ0v) is 14.5. The van der Waals surface area contributed by atoms with Gasteiger partial charge in [0.05, 0.1) is 12.2 Å². The quantitative estimate of drug-likeness (QED) is 0.812. The molecule has 0 aromatic heterocycles. The Bertz CT molecular complexity index is 715. The van der Waals surface area contributed by atoms with Gasteiger partial charge in [-0.2, -0.15) is 0 Å². The molecule has 24 heavy (non-hydrogen) atoms. The molecular weight excluding hydrogens is 307 g/mol. The fourth-order valence-electron chi connectivity index (χ4n) is 2.92. The number of phenols is 1. The average Bonchev–Trinajstić information content (AvgIpc) is 2.49. The lowest BCUT2D eigenvalue weighted by Crippen LogP contribution is -2.21. The van der Waals surface area contributed by atoms with E-state index in [0.29, 0.717) is 17.7 Å². The second-order valence-electron chi connectivity index (χ2n) is 6.85. The van der Waals surface area contributed by atoms with E-state index in [0.717, 1.165) is 11.6 Å². The number of benzene rings is 2. The van der Waals surface area contributed by atoms with Crippen molar-refractivity contribution < 1.29 is 19.0 Å². The number of esters is 1. The Balaban J connectivity index is 2.44. The maximum atomic E-state index is 14.4. The minimum Gasteiger partial charge on any atom is -0.508 e. The molecule has 0 radical (unpaired) electrons.